The van der Waals surface area contributed by atoms with Crippen molar-refractivity contribution in [3.8, 4) is 0 Å². The highest BCUT2D eigenvalue weighted by molar-refractivity contribution is 5.37. The molecule has 14 heavy (non-hydrogen) atoms. The van der Waals surface area contributed by atoms with Gasteiger partial charge in [-0.2, -0.15) is 5.10 Å². The van der Waals surface area contributed by atoms with E-state index >= 15 is 0 Å². The monoisotopic (exact) mass is 195 g/mol. The largest absolute Gasteiger partial charge is 0.396 e. The van der Waals surface area contributed by atoms with Crippen molar-refractivity contribution in [2.75, 3.05) is 18.1 Å². The Morgan fingerprint density at radius 1 is 1.50 bits per heavy atom. The Bertz CT molecular complexity index is 251. The van der Waals surface area contributed by atoms with Crippen molar-refractivity contribution in [2.45, 2.75) is 26.3 Å². The van der Waals surface area contributed by atoms with Gasteiger partial charge < -0.3 is 10.0 Å². The molecule has 4 heteroatoms. The van der Waals surface area contributed by atoms with Crippen LogP contribution >= 0.6 is 0 Å². The minimum atomic E-state index is 0.212. The first-order valence-electron chi connectivity index (χ1n) is 4.91. The summed E-state index contributed by atoms with van der Waals surface area (Å²) in [7, 11) is 0. The van der Waals surface area contributed by atoms with Gasteiger partial charge in [0.2, 0.25) is 0 Å². The van der Waals surface area contributed by atoms with Gasteiger partial charge in [0.1, 0.15) is 0 Å². The molecule has 1 heterocycles. The van der Waals surface area contributed by atoms with E-state index in [0.717, 1.165) is 18.8 Å². The van der Waals surface area contributed by atoms with Crippen molar-refractivity contribution >= 4 is 5.82 Å². The Hall–Kier alpha value is -1.16. The van der Waals surface area contributed by atoms with Crippen LogP contribution in [0, 0.1) is 0 Å². The van der Waals surface area contributed by atoms with E-state index in [0.29, 0.717) is 6.04 Å². The predicted molar refractivity (Wildman–Crippen MR) is 56.2 cm³/mol. The quantitative estimate of drug-likeness (QED) is 0.763. The fourth-order valence-corrected chi connectivity index (χ4v) is 1.32. The molecule has 0 unspecified atom stereocenters. The van der Waals surface area contributed by atoms with Crippen LogP contribution in [0.1, 0.15) is 20.3 Å². The number of anilines is 1. The molecule has 0 fully saturated rings. The molecule has 4 nitrogen and oxygen atoms in total. The van der Waals surface area contributed by atoms with Gasteiger partial charge in [-0.25, -0.2) is 0 Å². The molecular formula is C10H17N3O. The number of nitrogens with zero attached hydrogens (tertiary/aromatic N) is 3. The predicted octanol–water partition coefficient (Wildman–Crippen LogP) is 1.07. The van der Waals surface area contributed by atoms with Crippen LogP contribution in [0.15, 0.2) is 18.3 Å². The summed E-state index contributed by atoms with van der Waals surface area (Å²) in [6, 6.07) is 4.18. The van der Waals surface area contributed by atoms with Gasteiger partial charge in [-0.3, -0.25) is 0 Å². The molecule has 0 aliphatic heterocycles. The lowest BCUT2D eigenvalue weighted by Gasteiger charge is -2.26. The van der Waals surface area contributed by atoms with E-state index < -0.39 is 0 Å². The van der Waals surface area contributed by atoms with Gasteiger partial charge in [-0.05, 0) is 32.4 Å². The van der Waals surface area contributed by atoms with Crippen molar-refractivity contribution in [1.29, 1.82) is 0 Å². The highest BCUT2D eigenvalue weighted by Gasteiger charge is 2.10. The lowest BCUT2D eigenvalue weighted by Crippen LogP contribution is -2.33. The topological polar surface area (TPSA) is 49.2 Å². The number of aliphatic hydroxyl groups is 1. The van der Waals surface area contributed by atoms with E-state index in [-0.39, 0.29) is 6.61 Å². The summed E-state index contributed by atoms with van der Waals surface area (Å²) in [6.45, 7) is 5.23. The van der Waals surface area contributed by atoms with Crippen molar-refractivity contribution in [2.24, 2.45) is 0 Å². The van der Waals surface area contributed by atoms with E-state index in [9.17, 15) is 0 Å². The molecule has 1 aromatic heterocycles. The summed E-state index contributed by atoms with van der Waals surface area (Å²) < 4.78 is 0. The lowest BCUT2D eigenvalue weighted by molar-refractivity contribution is 0.288. The SMILES string of the molecule is CC(C)N(CCCO)c1cccnn1. The van der Waals surface area contributed by atoms with Crippen LogP contribution in [0.4, 0.5) is 5.82 Å². The molecule has 0 aliphatic rings. The maximum absolute atomic E-state index is 8.78. The average Bonchev–Trinajstić information content (AvgIpc) is 2.19. The van der Waals surface area contributed by atoms with Gasteiger partial charge >= 0.3 is 0 Å². The smallest absolute Gasteiger partial charge is 0.151 e. The number of aliphatic hydroxyl groups excluding tert-OH is 1. The van der Waals surface area contributed by atoms with Gasteiger partial charge in [0.15, 0.2) is 5.82 Å². The van der Waals surface area contributed by atoms with Gasteiger partial charge in [0.05, 0.1) is 0 Å². The fraction of sp³-hybridized carbons (Fsp3) is 0.600. The Morgan fingerprint density at radius 3 is 2.79 bits per heavy atom. The van der Waals surface area contributed by atoms with Gasteiger partial charge in [0.25, 0.3) is 0 Å². The second kappa shape index (κ2) is 5.54. The van der Waals surface area contributed by atoms with Crippen LogP contribution in [-0.2, 0) is 0 Å². The second-order valence-electron chi connectivity index (χ2n) is 3.45. The minimum absolute atomic E-state index is 0.212. The van der Waals surface area contributed by atoms with Gasteiger partial charge in [0, 0.05) is 25.4 Å². The van der Waals surface area contributed by atoms with E-state index in [1.54, 1.807) is 6.20 Å². The van der Waals surface area contributed by atoms with Crippen LogP contribution < -0.4 is 4.90 Å². The first-order valence-corrected chi connectivity index (χ1v) is 4.91. The molecule has 0 aromatic carbocycles. The van der Waals surface area contributed by atoms with Crippen LogP contribution in [0.3, 0.4) is 0 Å². The van der Waals surface area contributed by atoms with E-state index in [1.807, 2.05) is 12.1 Å². The summed E-state index contributed by atoms with van der Waals surface area (Å²) >= 11 is 0. The maximum atomic E-state index is 8.78. The number of rotatable bonds is 5. The first kappa shape index (κ1) is 10.9. The molecule has 1 rings (SSSR count). The first-order chi connectivity index (χ1) is 6.75. The van der Waals surface area contributed by atoms with Crippen molar-refractivity contribution in [1.82, 2.24) is 10.2 Å². The van der Waals surface area contributed by atoms with Crippen LogP contribution in [0.25, 0.3) is 0 Å². The zero-order valence-electron chi connectivity index (χ0n) is 8.72. The third-order valence-corrected chi connectivity index (χ3v) is 2.03. The van der Waals surface area contributed by atoms with E-state index in [2.05, 4.69) is 28.9 Å². The van der Waals surface area contributed by atoms with Crippen LogP contribution in [0.2, 0.25) is 0 Å². The Morgan fingerprint density at radius 2 is 2.29 bits per heavy atom. The molecule has 78 valence electrons. The standard InChI is InChI=1S/C10H17N3O/c1-9(2)13(7-4-8-14)10-5-3-6-11-12-10/h3,5-6,9,14H,4,7-8H2,1-2H3. The van der Waals surface area contributed by atoms with Crippen LogP contribution in [0.5, 0.6) is 0 Å². The lowest BCUT2D eigenvalue weighted by atomic mass is 10.3. The normalized spacial score (nSPS) is 10.6. The van der Waals surface area contributed by atoms with Crippen molar-refractivity contribution < 1.29 is 5.11 Å². The molecular weight excluding hydrogens is 178 g/mol. The molecule has 1 aromatic rings. The van der Waals surface area contributed by atoms with E-state index in [1.165, 1.54) is 0 Å². The molecule has 0 spiro atoms. The summed E-state index contributed by atoms with van der Waals surface area (Å²) in [5.74, 6) is 0.871. The maximum Gasteiger partial charge on any atom is 0.151 e. The van der Waals surface area contributed by atoms with Crippen molar-refractivity contribution in [3.05, 3.63) is 18.3 Å². The molecule has 0 bridgehead atoms. The summed E-state index contributed by atoms with van der Waals surface area (Å²) in [6.07, 6.45) is 2.42. The summed E-state index contributed by atoms with van der Waals surface area (Å²) in [4.78, 5) is 2.13. The molecule has 0 saturated carbocycles. The van der Waals surface area contributed by atoms with Gasteiger partial charge in [-0.1, -0.05) is 0 Å². The zero-order valence-corrected chi connectivity index (χ0v) is 8.72. The molecule has 0 aliphatic carbocycles. The number of aromatic nitrogens is 2. The fourth-order valence-electron chi connectivity index (χ4n) is 1.32. The summed E-state index contributed by atoms with van der Waals surface area (Å²) in [5, 5.41) is 16.7. The third-order valence-electron chi connectivity index (χ3n) is 2.03. The molecule has 0 amide bonds. The average molecular weight is 195 g/mol. The highest BCUT2D eigenvalue weighted by atomic mass is 16.3. The number of hydrogen-bond donors (Lipinski definition) is 1. The Labute approximate surface area is 84.6 Å². The Balaban J connectivity index is 2.68. The van der Waals surface area contributed by atoms with Gasteiger partial charge in [-0.15, -0.1) is 5.10 Å². The second-order valence-corrected chi connectivity index (χ2v) is 3.45. The van der Waals surface area contributed by atoms with E-state index in [4.69, 9.17) is 5.11 Å². The zero-order chi connectivity index (χ0) is 10.4. The van der Waals surface area contributed by atoms with Crippen LogP contribution in [-0.4, -0.2) is 34.5 Å². The summed E-state index contributed by atoms with van der Waals surface area (Å²) in [5.41, 5.74) is 0. The highest BCUT2D eigenvalue weighted by Crippen LogP contribution is 2.12. The molecule has 0 radical (unpaired) electrons. The number of hydrogen-bond acceptors (Lipinski definition) is 4. The molecule has 0 saturated heterocycles. The minimum Gasteiger partial charge on any atom is -0.396 e. The van der Waals surface area contributed by atoms with Crippen molar-refractivity contribution in [3.63, 3.8) is 0 Å². The third kappa shape index (κ3) is 2.96. The molecule has 1 N–H and O–H groups in total. The molecule has 0 atom stereocenters. The Kier molecular flexibility index (Phi) is 4.32.